The van der Waals surface area contributed by atoms with E-state index in [0.717, 1.165) is 0 Å². The minimum absolute atomic E-state index is 0.111. The lowest BCUT2D eigenvalue weighted by Gasteiger charge is -2.12. The van der Waals surface area contributed by atoms with Gasteiger partial charge in [-0.25, -0.2) is 4.79 Å². The van der Waals surface area contributed by atoms with Gasteiger partial charge in [-0.1, -0.05) is 13.8 Å². The highest BCUT2D eigenvalue weighted by Crippen LogP contribution is 2.16. The van der Waals surface area contributed by atoms with Gasteiger partial charge in [0.1, 0.15) is 0 Å². The van der Waals surface area contributed by atoms with Gasteiger partial charge in [-0.15, -0.1) is 0 Å². The molecule has 0 aromatic heterocycles. The third kappa shape index (κ3) is 3.87. The molecule has 0 fully saturated rings. The van der Waals surface area contributed by atoms with Crippen LogP contribution in [0.1, 0.15) is 13.8 Å². The highest BCUT2D eigenvalue weighted by molar-refractivity contribution is 5.73. The summed E-state index contributed by atoms with van der Waals surface area (Å²) in [4.78, 5) is 9.76. The highest BCUT2D eigenvalue weighted by Gasteiger charge is 2.40. The first kappa shape index (κ1) is 10.3. The monoisotopic (exact) mass is 168 g/mol. The van der Waals surface area contributed by atoms with Crippen LogP contribution in [0.4, 0.5) is 8.78 Å². The van der Waals surface area contributed by atoms with Crippen LogP contribution in [0.2, 0.25) is 0 Å². The summed E-state index contributed by atoms with van der Waals surface area (Å²) in [5.74, 6) is -2.36. The number of hydrogen-bond acceptors (Lipinski definition) is 2. The Morgan fingerprint density at radius 1 is 1.64 bits per heavy atom. The van der Waals surface area contributed by atoms with Crippen molar-refractivity contribution in [3.05, 3.63) is 0 Å². The molecule has 0 radical (unpaired) electrons. The quantitative estimate of drug-likeness (QED) is 0.688. The van der Waals surface area contributed by atoms with E-state index >= 15 is 0 Å². The first-order chi connectivity index (χ1) is 4.86. The molecule has 0 aromatic rings. The number of aliphatic carboxylic acids is 1. The zero-order chi connectivity index (χ0) is 9.07. The maximum Gasteiger partial charge on any atom is 0.455 e. The first-order valence-electron chi connectivity index (χ1n) is 3.11. The number of ether oxygens (including phenoxy) is 1. The molecule has 0 amide bonds. The molecule has 0 bridgehead atoms. The summed E-state index contributed by atoms with van der Waals surface area (Å²) in [5.41, 5.74) is 0. The van der Waals surface area contributed by atoms with Gasteiger partial charge in [-0.05, 0) is 5.92 Å². The number of hydrogen-bond donors (Lipinski definition) is 1. The third-order valence-electron chi connectivity index (χ3n) is 0.847. The molecule has 0 rings (SSSR count). The van der Waals surface area contributed by atoms with Crippen molar-refractivity contribution in [3.8, 4) is 0 Å². The second-order valence-electron chi connectivity index (χ2n) is 2.53. The normalized spacial score (nSPS) is 12.1. The summed E-state index contributed by atoms with van der Waals surface area (Å²) >= 11 is 0. The lowest BCUT2D eigenvalue weighted by molar-refractivity contribution is -0.248. The van der Waals surface area contributed by atoms with E-state index in [9.17, 15) is 13.6 Å². The van der Waals surface area contributed by atoms with E-state index in [4.69, 9.17) is 5.11 Å². The first-order valence-corrected chi connectivity index (χ1v) is 3.11. The van der Waals surface area contributed by atoms with Crippen molar-refractivity contribution in [2.75, 3.05) is 6.61 Å². The molecule has 0 aromatic carbocycles. The van der Waals surface area contributed by atoms with Crippen molar-refractivity contribution in [1.82, 2.24) is 0 Å². The van der Waals surface area contributed by atoms with Crippen molar-refractivity contribution in [2.24, 2.45) is 5.92 Å². The van der Waals surface area contributed by atoms with Gasteiger partial charge in [0.15, 0.2) is 0 Å². The van der Waals surface area contributed by atoms with Gasteiger partial charge in [-0.3, -0.25) is 0 Å². The second kappa shape index (κ2) is 3.61. The molecular weight excluding hydrogens is 158 g/mol. The molecule has 0 aliphatic rings. The van der Waals surface area contributed by atoms with Crippen LogP contribution in [0.3, 0.4) is 0 Å². The fraction of sp³-hybridized carbons (Fsp3) is 0.833. The lowest BCUT2D eigenvalue weighted by atomic mass is 10.2. The molecule has 11 heavy (non-hydrogen) atoms. The minimum Gasteiger partial charge on any atom is -0.475 e. The summed E-state index contributed by atoms with van der Waals surface area (Å²) in [6, 6.07) is 0. The van der Waals surface area contributed by atoms with Gasteiger partial charge in [0, 0.05) is 0 Å². The van der Waals surface area contributed by atoms with Crippen LogP contribution >= 0.6 is 0 Å². The van der Waals surface area contributed by atoms with Gasteiger partial charge in [-0.2, -0.15) is 8.78 Å². The Morgan fingerprint density at radius 2 is 2.09 bits per heavy atom. The molecule has 1 N–H and O–H groups in total. The van der Waals surface area contributed by atoms with Gasteiger partial charge in [0.05, 0.1) is 6.61 Å². The summed E-state index contributed by atoms with van der Waals surface area (Å²) in [5, 5.41) is 7.88. The van der Waals surface area contributed by atoms with E-state index in [-0.39, 0.29) is 12.5 Å². The molecule has 5 heteroatoms. The Labute approximate surface area is 63.0 Å². The Balaban J connectivity index is 3.83. The van der Waals surface area contributed by atoms with E-state index < -0.39 is 12.1 Å². The molecule has 66 valence electrons. The topological polar surface area (TPSA) is 46.5 Å². The Hall–Kier alpha value is -0.710. The molecule has 3 nitrogen and oxygen atoms in total. The zero-order valence-electron chi connectivity index (χ0n) is 6.30. The van der Waals surface area contributed by atoms with Gasteiger partial charge < -0.3 is 9.84 Å². The molecule has 0 saturated heterocycles. The molecule has 0 aliphatic carbocycles. The van der Waals surface area contributed by atoms with E-state index in [1.165, 1.54) is 0 Å². The number of alkyl halides is 2. The van der Waals surface area contributed by atoms with E-state index in [2.05, 4.69) is 4.74 Å². The van der Waals surface area contributed by atoms with Crippen molar-refractivity contribution < 1.29 is 23.4 Å². The van der Waals surface area contributed by atoms with Crippen LogP contribution in [0.5, 0.6) is 0 Å². The van der Waals surface area contributed by atoms with Crippen LogP contribution in [-0.4, -0.2) is 23.8 Å². The minimum atomic E-state index is -4.05. The van der Waals surface area contributed by atoms with Crippen LogP contribution in [0.15, 0.2) is 0 Å². The van der Waals surface area contributed by atoms with Gasteiger partial charge >= 0.3 is 12.1 Å². The van der Waals surface area contributed by atoms with Crippen LogP contribution in [-0.2, 0) is 9.53 Å². The molecule has 0 saturated carbocycles. The van der Waals surface area contributed by atoms with Gasteiger partial charge in [0.2, 0.25) is 0 Å². The summed E-state index contributed by atoms with van der Waals surface area (Å²) < 4.78 is 28.0. The summed E-state index contributed by atoms with van der Waals surface area (Å²) in [6.45, 7) is 3.04. The summed E-state index contributed by atoms with van der Waals surface area (Å²) in [6.07, 6.45) is -4.05. The number of halogens is 2. The largest absolute Gasteiger partial charge is 0.475 e. The van der Waals surface area contributed by atoms with E-state index in [1.807, 2.05) is 0 Å². The van der Waals surface area contributed by atoms with Crippen molar-refractivity contribution in [2.45, 2.75) is 20.0 Å². The molecule has 0 heterocycles. The SMILES string of the molecule is CC(C)COC(F)(F)C(=O)O. The Morgan fingerprint density at radius 3 is 2.36 bits per heavy atom. The van der Waals surface area contributed by atoms with Crippen LogP contribution in [0, 0.1) is 5.92 Å². The molecule has 0 unspecified atom stereocenters. The number of carboxylic acid groups (broad SMARTS) is 1. The second-order valence-corrected chi connectivity index (χ2v) is 2.53. The summed E-state index contributed by atoms with van der Waals surface area (Å²) in [7, 11) is 0. The van der Waals surface area contributed by atoms with E-state index in [0.29, 0.717) is 0 Å². The molecular formula is C6H10F2O3. The Kier molecular flexibility index (Phi) is 3.38. The molecule has 0 atom stereocenters. The number of rotatable bonds is 4. The Bertz CT molecular complexity index is 145. The fourth-order valence-corrected chi connectivity index (χ4v) is 0.333. The maximum atomic E-state index is 12.1. The standard InChI is InChI=1S/C6H10F2O3/c1-4(2)3-11-6(7,8)5(9)10/h4H,3H2,1-2H3,(H,9,10). The smallest absolute Gasteiger partial charge is 0.455 e. The maximum absolute atomic E-state index is 12.1. The van der Waals surface area contributed by atoms with Crippen LogP contribution < -0.4 is 0 Å². The van der Waals surface area contributed by atoms with Crippen LogP contribution in [0.25, 0.3) is 0 Å². The number of carboxylic acids is 1. The predicted octanol–water partition coefficient (Wildman–Crippen LogP) is 1.34. The predicted molar refractivity (Wildman–Crippen MR) is 33.4 cm³/mol. The van der Waals surface area contributed by atoms with Crippen molar-refractivity contribution in [3.63, 3.8) is 0 Å². The average molecular weight is 168 g/mol. The molecule has 0 aliphatic heterocycles. The zero-order valence-corrected chi connectivity index (χ0v) is 6.30. The fourth-order valence-electron chi connectivity index (χ4n) is 0.333. The van der Waals surface area contributed by atoms with Gasteiger partial charge in [0.25, 0.3) is 0 Å². The average Bonchev–Trinajstić information content (AvgIpc) is 1.84. The number of carbonyl (C=O) groups is 1. The lowest BCUT2D eigenvalue weighted by Crippen LogP contribution is -2.32. The van der Waals surface area contributed by atoms with Crippen molar-refractivity contribution in [1.29, 1.82) is 0 Å². The van der Waals surface area contributed by atoms with Crippen molar-refractivity contribution >= 4 is 5.97 Å². The third-order valence-corrected chi connectivity index (χ3v) is 0.847. The molecule has 0 spiro atoms. The van der Waals surface area contributed by atoms with E-state index in [1.54, 1.807) is 13.8 Å². The highest BCUT2D eigenvalue weighted by atomic mass is 19.3.